The third-order valence-electron chi connectivity index (χ3n) is 2.02. The number of aliphatic hydroxyl groups is 1. The molecule has 1 aromatic rings. The Bertz CT molecular complexity index is 343. The summed E-state index contributed by atoms with van der Waals surface area (Å²) in [5, 5.41) is 10.0. The fraction of sp³-hybridized carbons (Fsp3) is 0.364. The normalized spacial score (nSPS) is 14.4. The molecule has 0 saturated carbocycles. The first-order valence-corrected chi connectivity index (χ1v) is 5.33. The fourth-order valence-corrected chi connectivity index (χ4v) is 1.40. The second kappa shape index (κ2) is 4.77. The minimum Gasteiger partial charge on any atom is -0.462 e. The fourth-order valence-electron chi connectivity index (χ4n) is 1.13. The highest BCUT2D eigenvalue weighted by molar-refractivity contribution is 9.10. The van der Waals surface area contributed by atoms with Gasteiger partial charge in [-0.3, -0.25) is 4.79 Å². The van der Waals surface area contributed by atoms with Crippen LogP contribution in [0, 0.1) is 0 Å². The number of hydrogen-bond donors (Lipinski definition) is 1. The van der Waals surface area contributed by atoms with Gasteiger partial charge in [-0.1, -0.05) is 28.1 Å². The van der Waals surface area contributed by atoms with Gasteiger partial charge >= 0.3 is 5.97 Å². The molecular weight excluding hydrogens is 260 g/mol. The van der Waals surface area contributed by atoms with Gasteiger partial charge in [0.15, 0.2) is 0 Å². The van der Waals surface area contributed by atoms with Crippen LogP contribution in [0.5, 0.6) is 0 Å². The zero-order chi connectivity index (χ0) is 11.5. The van der Waals surface area contributed by atoms with Crippen LogP contribution in [-0.2, 0) is 15.1 Å². The highest BCUT2D eigenvalue weighted by Gasteiger charge is 2.24. The topological polar surface area (TPSA) is 46.5 Å². The van der Waals surface area contributed by atoms with Crippen LogP contribution in [0.4, 0.5) is 0 Å². The molecule has 0 aromatic heterocycles. The average molecular weight is 273 g/mol. The van der Waals surface area contributed by atoms with Crippen molar-refractivity contribution in [3.05, 3.63) is 34.3 Å². The molecular formula is C11H13BrO3. The molecule has 0 aliphatic rings. The predicted octanol–water partition coefficient (Wildman–Crippen LogP) is 2.22. The summed E-state index contributed by atoms with van der Waals surface area (Å²) in [6.45, 7) is 2.89. The lowest BCUT2D eigenvalue weighted by molar-refractivity contribution is -0.148. The number of esters is 1. The Morgan fingerprint density at radius 1 is 1.47 bits per heavy atom. The van der Waals surface area contributed by atoms with E-state index < -0.39 is 11.6 Å². The number of benzene rings is 1. The highest BCUT2D eigenvalue weighted by Crippen LogP contribution is 2.22. The van der Waals surface area contributed by atoms with Crippen molar-refractivity contribution in [3.63, 3.8) is 0 Å². The molecule has 1 atom stereocenters. The van der Waals surface area contributed by atoms with Gasteiger partial charge in [0.1, 0.15) is 12.2 Å². The average Bonchev–Trinajstić information content (AvgIpc) is 2.16. The lowest BCUT2D eigenvalue weighted by Crippen LogP contribution is -2.28. The molecule has 0 fully saturated rings. The van der Waals surface area contributed by atoms with Crippen LogP contribution in [0.1, 0.15) is 19.4 Å². The van der Waals surface area contributed by atoms with E-state index in [0.717, 1.165) is 4.47 Å². The van der Waals surface area contributed by atoms with E-state index in [0.29, 0.717) is 5.56 Å². The minimum atomic E-state index is -1.15. The van der Waals surface area contributed by atoms with Crippen molar-refractivity contribution < 1.29 is 14.6 Å². The van der Waals surface area contributed by atoms with Crippen LogP contribution in [0.25, 0.3) is 0 Å². The van der Waals surface area contributed by atoms with Crippen molar-refractivity contribution in [2.45, 2.75) is 19.4 Å². The maximum Gasteiger partial charge on any atom is 0.302 e. The molecule has 1 unspecified atom stereocenters. The Morgan fingerprint density at radius 3 is 2.47 bits per heavy atom. The van der Waals surface area contributed by atoms with Crippen molar-refractivity contribution in [1.82, 2.24) is 0 Å². The number of hydrogen-bond acceptors (Lipinski definition) is 3. The van der Waals surface area contributed by atoms with Gasteiger partial charge in [-0.05, 0) is 24.6 Å². The molecule has 0 aliphatic heterocycles. The van der Waals surface area contributed by atoms with Crippen LogP contribution in [-0.4, -0.2) is 17.7 Å². The van der Waals surface area contributed by atoms with Crippen molar-refractivity contribution in [2.24, 2.45) is 0 Å². The number of ether oxygens (including phenoxy) is 1. The molecule has 0 spiro atoms. The molecule has 3 nitrogen and oxygen atoms in total. The zero-order valence-electron chi connectivity index (χ0n) is 8.66. The maximum atomic E-state index is 10.6. The molecule has 1 N–H and O–H groups in total. The second-order valence-electron chi connectivity index (χ2n) is 3.56. The summed E-state index contributed by atoms with van der Waals surface area (Å²) in [7, 11) is 0. The van der Waals surface area contributed by atoms with Crippen LogP contribution in [0.2, 0.25) is 0 Å². The van der Waals surface area contributed by atoms with Crippen molar-refractivity contribution in [2.75, 3.05) is 6.61 Å². The van der Waals surface area contributed by atoms with E-state index in [4.69, 9.17) is 4.74 Å². The molecule has 1 rings (SSSR count). The smallest absolute Gasteiger partial charge is 0.302 e. The number of rotatable bonds is 3. The van der Waals surface area contributed by atoms with Gasteiger partial charge in [0.2, 0.25) is 0 Å². The Labute approximate surface area is 97.2 Å². The first kappa shape index (κ1) is 12.2. The third kappa shape index (κ3) is 3.64. The third-order valence-corrected chi connectivity index (χ3v) is 2.55. The highest BCUT2D eigenvalue weighted by atomic mass is 79.9. The Hall–Kier alpha value is -0.870. The minimum absolute atomic E-state index is 0.0377. The number of carbonyl (C=O) groups excluding carboxylic acids is 1. The van der Waals surface area contributed by atoms with Crippen molar-refractivity contribution >= 4 is 21.9 Å². The van der Waals surface area contributed by atoms with E-state index in [1.165, 1.54) is 6.92 Å². The van der Waals surface area contributed by atoms with Crippen molar-refractivity contribution in [3.8, 4) is 0 Å². The SMILES string of the molecule is CC(=O)OCC(C)(O)c1ccc(Br)cc1. The summed E-state index contributed by atoms with van der Waals surface area (Å²) in [6.07, 6.45) is 0. The molecule has 0 bridgehead atoms. The van der Waals surface area contributed by atoms with E-state index in [1.807, 2.05) is 12.1 Å². The molecule has 82 valence electrons. The van der Waals surface area contributed by atoms with Gasteiger partial charge in [0, 0.05) is 11.4 Å². The second-order valence-corrected chi connectivity index (χ2v) is 4.48. The summed E-state index contributed by atoms with van der Waals surface area (Å²) in [4.78, 5) is 10.6. The molecule has 0 radical (unpaired) electrons. The first-order chi connectivity index (χ1) is 6.92. The van der Waals surface area contributed by atoms with Gasteiger partial charge in [-0.2, -0.15) is 0 Å². The van der Waals surface area contributed by atoms with Crippen molar-refractivity contribution in [1.29, 1.82) is 0 Å². The first-order valence-electron chi connectivity index (χ1n) is 4.53. The maximum absolute atomic E-state index is 10.6. The Morgan fingerprint density at radius 2 is 2.00 bits per heavy atom. The zero-order valence-corrected chi connectivity index (χ0v) is 10.2. The standard InChI is InChI=1S/C11H13BrO3/c1-8(13)15-7-11(2,14)9-3-5-10(12)6-4-9/h3-6,14H,7H2,1-2H3. The van der Waals surface area contributed by atoms with E-state index >= 15 is 0 Å². The Kier molecular flexibility index (Phi) is 3.88. The van der Waals surface area contributed by atoms with Gasteiger partial charge < -0.3 is 9.84 Å². The summed E-state index contributed by atoms with van der Waals surface area (Å²) < 4.78 is 5.73. The Balaban J connectivity index is 2.76. The van der Waals surface area contributed by atoms with E-state index in [-0.39, 0.29) is 6.61 Å². The monoisotopic (exact) mass is 272 g/mol. The lowest BCUT2D eigenvalue weighted by Gasteiger charge is -2.23. The van der Waals surface area contributed by atoms with Gasteiger partial charge in [-0.25, -0.2) is 0 Å². The number of carbonyl (C=O) groups is 1. The summed E-state index contributed by atoms with van der Waals surface area (Å²) in [6, 6.07) is 7.23. The van der Waals surface area contributed by atoms with Crippen LogP contribution in [0.3, 0.4) is 0 Å². The van der Waals surface area contributed by atoms with E-state index in [1.54, 1.807) is 19.1 Å². The molecule has 0 amide bonds. The number of halogens is 1. The largest absolute Gasteiger partial charge is 0.462 e. The summed E-state index contributed by atoms with van der Waals surface area (Å²) in [5.74, 6) is -0.396. The summed E-state index contributed by atoms with van der Waals surface area (Å²) in [5.41, 5.74) is -0.432. The van der Waals surface area contributed by atoms with Gasteiger partial charge in [0.25, 0.3) is 0 Å². The molecule has 0 saturated heterocycles. The molecule has 4 heteroatoms. The quantitative estimate of drug-likeness (QED) is 0.859. The van der Waals surface area contributed by atoms with E-state index in [9.17, 15) is 9.90 Å². The molecule has 1 aromatic carbocycles. The van der Waals surface area contributed by atoms with Gasteiger partial charge in [0.05, 0.1) is 0 Å². The molecule has 15 heavy (non-hydrogen) atoms. The van der Waals surface area contributed by atoms with Gasteiger partial charge in [-0.15, -0.1) is 0 Å². The predicted molar refractivity (Wildman–Crippen MR) is 60.3 cm³/mol. The van der Waals surface area contributed by atoms with Crippen LogP contribution < -0.4 is 0 Å². The molecule has 0 heterocycles. The summed E-state index contributed by atoms with van der Waals surface area (Å²) >= 11 is 3.31. The lowest BCUT2D eigenvalue weighted by atomic mass is 9.97. The molecule has 0 aliphatic carbocycles. The van der Waals surface area contributed by atoms with Crippen LogP contribution in [0.15, 0.2) is 28.7 Å². The van der Waals surface area contributed by atoms with Crippen LogP contribution >= 0.6 is 15.9 Å². The van der Waals surface area contributed by atoms with E-state index in [2.05, 4.69) is 15.9 Å².